The lowest BCUT2D eigenvalue weighted by Gasteiger charge is -2.34. The molecule has 1 amide bonds. The van der Waals surface area contributed by atoms with E-state index in [0.717, 1.165) is 38.2 Å². The molecule has 1 aliphatic heterocycles. The maximum Gasteiger partial charge on any atom is 0.231 e. The first-order valence-corrected chi connectivity index (χ1v) is 8.33. The number of hydrogen-bond acceptors (Lipinski definition) is 2. The Kier molecular flexibility index (Phi) is 5.09. The van der Waals surface area contributed by atoms with Crippen LogP contribution < -0.4 is 4.90 Å². The van der Waals surface area contributed by atoms with E-state index in [4.69, 9.17) is 0 Å². The van der Waals surface area contributed by atoms with Gasteiger partial charge in [-0.2, -0.15) is 0 Å². The molecule has 3 rings (SSSR count). The fourth-order valence-electron chi connectivity index (χ4n) is 3.30. The molecular weight excluding hydrogens is 284 g/mol. The Morgan fingerprint density at radius 2 is 1.74 bits per heavy atom. The highest BCUT2D eigenvalue weighted by Crippen LogP contribution is 2.22. The van der Waals surface area contributed by atoms with Gasteiger partial charge in [-0.15, -0.1) is 0 Å². The molecular formula is C20H24N2O. The van der Waals surface area contributed by atoms with E-state index in [-0.39, 0.29) is 11.8 Å². The van der Waals surface area contributed by atoms with Crippen molar-refractivity contribution in [2.24, 2.45) is 5.92 Å². The van der Waals surface area contributed by atoms with Gasteiger partial charge in [-0.05, 0) is 37.1 Å². The van der Waals surface area contributed by atoms with Crippen LogP contribution >= 0.6 is 0 Å². The Hall–Kier alpha value is -2.13. The van der Waals surface area contributed by atoms with Crippen LogP contribution in [-0.4, -0.2) is 30.9 Å². The van der Waals surface area contributed by atoms with Gasteiger partial charge in [-0.1, -0.05) is 48.5 Å². The predicted molar refractivity (Wildman–Crippen MR) is 94.3 cm³/mol. The molecule has 0 spiro atoms. The number of hydrogen-bond donors (Lipinski definition) is 0. The largest absolute Gasteiger partial charge is 0.315 e. The topological polar surface area (TPSA) is 23.6 Å². The first-order chi connectivity index (χ1) is 11.2. The molecule has 0 radical (unpaired) electrons. The number of carbonyl (C=O) groups is 1. The maximum absolute atomic E-state index is 12.8. The van der Waals surface area contributed by atoms with Gasteiger partial charge in [0.25, 0.3) is 0 Å². The van der Waals surface area contributed by atoms with Crippen molar-refractivity contribution < 1.29 is 4.79 Å². The first kappa shape index (κ1) is 15.8. The van der Waals surface area contributed by atoms with Crippen molar-refractivity contribution in [1.29, 1.82) is 0 Å². The molecule has 0 aromatic heterocycles. The summed E-state index contributed by atoms with van der Waals surface area (Å²) in [6, 6.07) is 20.4. The third-order valence-corrected chi connectivity index (χ3v) is 4.58. The second kappa shape index (κ2) is 7.42. The quantitative estimate of drug-likeness (QED) is 0.862. The van der Waals surface area contributed by atoms with E-state index in [0.29, 0.717) is 0 Å². The van der Waals surface area contributed by atoms with Crippen LogP contribution in [0.4, 0.5) is 5.69 Å². The van der Waals surface area contributed by atoms with E-state index in [2.05, 4.69) is 29.2 Å². The van der Waals surface area contributed by atoms with Gasteiger partial charge in [-0.3, -0.25) is 9.69 Å². The van der Waals surface area contributed by atoms with E-state index in [1.807, 2.05) is 43.4 Å². The van der Waals surface area contributed by atoms with Crippen LogP contribution in [0.2, 0.25) is 0 Å². The number of anilines is 1. The molecule has 2 aromatic carbocycles. The highest BCUT2D eigenvalue weighted by molar-refractivity contribution is 5.94. The monoisotopic (exact) mass is 308 g/mol. The van der Waals surface area contributed by atoms with Crippen LogP contribution in [0, 0.1) is 5.92 Å². The minimum Gasteiger partial charge on any atom is -0.315 e. The van der Waals surface area contributed by atoms with E-state index in [9.17, 15) is 4.79 Å². The Labute approximate surface area is 138 Å². The zero-order chi connectivity index (χ0) is 16.1. The number of amides is 1. The van der Waals surface area contributed by atoms with E-state index in [1.165, 1.54) is 5.56 Å². The summed E-state index contributed by atoms with van der Waals surface area (Å²) in [5.74, 6) is 0.326. The molecule has 0 saturated carbocycles. The van der Waals surface area contributed by atoms with Gasteiger partial charge in [0.15, 0.2) is 0 Å². The molecule has 0 bridgehead atoms. The number of piperidine rings is 1. The van der Waals surface area contributed by atoms with Crippen molar-refractivity contribution in [3.63, 3.8) is 0 Å². The van der Waals surface area contributed by atoms with Crippen molar-refractivity contribution in [1.82, 2.24) is 4.90 Å². The molecule has 1 saturated heterocycles. The Bertz CT molecular complexity index is 627. The molecule has 1 fully saturated rings. The summed E-state index contributed by atoms with van der Waals surface area (Å²) in [5.41, 5.74) is 2.29. The lowest BCUT2D eigenvalue weighted by molar-refractivity contribution is -0.123. The molecule has 1 aliphatic rings. The average Bonchev–Trinajstić information content (AvgIpc) is 2.62. The van der Waals surface area contributed by atoms with Gasteiger partial charge in [0.2, 0.25) is 5.91 Å². The summed E-state index contributed by atoms with van der Waals surface area (Å²) in [5, 5.41) is 0. The van der Waals surface area contributed by atoms with Crippen molar-refractivity contribution in [3.8, 4) is 0 Å². The molecule has 120 valence electrons. The molecule has 0 unspecified atom stereocenters. The molecule has 23 heavy (non-hydrogen) atoms. The molecule has 3 nitrogen and oxygen atoms in total. The van der Waals surface area contributed by atoms with E-state index >= 15 is 0 Å². The lowest BCUT2D eigenvalue weighted by atomic mass is 9.96. The van der Waals surface area contributed by atoms with Crippen LogP contribution in [0.3, 0.4) is 0 Å². The maximum atomic E-state index is 12.8. The SMILES string of the molecule is CN(C(=O)[C@H]1CCCN(Cc2ccccc2)C1)c1ccccc1. The van der Waals surface area contributed by atoms with E-state index in [1.54, 1.807) is 4.90 Å². The molecule has 3 heteroatoms. The number of para-hydroxylation sites is 1. The smallest absolute Gasteiger partial charge is 0.231 e. The Morgan fingerprint density at radius 3 is 2.43 bits per heavy atom. The Morgan fingerprint density at radius 1 is 1.09 bits per heavy atom. The molecule has 2 aromatic rings. The van der Waals surface area contributed by atoms with Crippen LogP contribution in [-0.2, 0) is 11.3 Å². The third kappa shape index (κ3) is 3.99. The first-order valence-electron chi connectivity index (χ1n) is 8.33. The fourth-order valence-corrected chi connectivity index (χ4v) is 3.30. The van der Waals surface area contributed by atoms with Crippen molar-refractivity contribution >= 4 is 11.6 Å². The highest BCUT2D eigenvalue weighted by atomic mass is 16.2. The van der Waals surface area contributed by atoms with Gasteiger partial charge in [0, 0.05) is 25.8 Å². The van der Waals surface area contributed by atoms with Crippen LogP contribution in [0.1, 0.15) is 18.4 Å². The van der Waals surface area contributed by atoms with E-state index < -0.39 is 0 Å². The number of rotatable bonds is 4. The van der Waals surface area contributed by atoms with Crippen molar-refractivity contribution in [2.45, 2.75) is 19.4 Å². The molecule has 0 N–H and O–H groups in total. The number of benzene rings is 2. The summed E-state index contributed by atoms with van der Waals surface area (Å²) in [7, 11) is 1.88. The van der Waals surface area contributed by atoms with Crippen LogP contribution in [0.5, 0.6) is 0 Å². The van der Waals surface area contributed by atoms with Gasteiger partial charge in [0.1, 0.15) is 0 Å². The van der Waals surface area contributed by atoms with Crippen molar-refractivity contribution in [3.05, 3.63) is 66.2 Å². The second-order valence-electron chi connectivity index (χ2n) is 6.29. The number of likely N-dealkylation sites (tertiary alicyclic amines) is 1. The Balaban J connectivity index is 1.63. The second-order valence-corrected chi connectivity index (χ2v) is 6.29. The number of carbonyl (C=O) groups excluding carboxylic acids is 1. The van der Waals surface area contributed by atoms with Crippen molar-refractivity contribution in [2.75, 3.05) is 25.0 Å². The highest BCUT2D eigenvalue weighted by Gasteiger charge is 2.28. The summed E-state index contributed by atoms with van der Waals surface area (Å²) >= 11 is 0. The molecule has 0 aliphatic carbocycles. The number of nitrogens with zero attached hydrogens (tertiary/aromatic N) is 2. The van der Waals surface area contributed by atoms with Gasteiger partial charge in [-0.25, -0.2) is 0 Å². The normalized spacial score (nSPS) is 18.6. The van der Waals surface area contributed by atoms with Crippen LogP contribution in [0.25, 0.3) is 0 Å². The zero-order valence-corrected chi connectivity index (χ0v) is 13.7. The average molecular weight is 308 g/mol. The molecule has 1 atom stereocenters. The summed E-state index contributed by atoms with van der Waals surface area (Å²) in [6.07, 6.45) is 2.08. The predicted octanol–water partition coefficient (Wildman–Crippen LogP) is 3.56. The van der Waals surface area contributed by atoms with Gasteiger partial charge < -0.3 is 4.90 Å². The van der Waals surface area contributed by atoms with Crippen LogP contribution in [0.15, 0.2) is 60.7 Å². The molecule has 1 heterocycles. The summed E-state index contributed by atoms with van der Waals surface area (Å²) in [6.45, 7) is 2.86. The minimum atomic E-state index is 0.0951. The summed E-state index contributed by atoms with van der Waals surface area (Å²) in [4.78, 5) is 17.0. The summed E-state index contributed by atoms with van der Waals surface area (Å²) < 4.78 is 0. The minimum absolute atomic E-state index is 0.0951. The standard InChI is InChI=1S/C20H24N2O/c1-21(19-12-6-3-7-13-19)20(23)18-11-8-14-22(16-18)15-17-9-4-2-5-10-17/h2-7,9-10,12-13,18H,8,11,14-16H2,1H3/t18-/m0/s1. The third-order valence-electron chi connectivity index (χ3n) is 4.58. The van der Waals surface area contributed by atoms with Gasteiger partial charge in [0.05, 0.1) is 5.92 Å². The van der Waals surface area contributed by atoms with Gasteiger partial charge >= 0.3 is 0 Å². The lowest BCUT2D eigenvalue weighted by Crippen LogP contribution is -2.43. The fraction of sp³-hybridized carbons (Fsp3) is 0.350. The zero-order valence-electron chi connectivity index (χ0n) is 13.7.